The minimum Gasteiger partial charge on any atom is -0.467 e. The van der Waals surface area contributed by atoms with E-state index in [-0.39, 0.29) is 12.0 Å². The Morgan fingerprint density at radius 2 is 2.47 bits per heavy atom. The number of ether oxygens (including phenoxy) is 1. The molecule has 1 aliphatic heterocycles. The molecule has 1 saturated heterocycles. The second-order valence-electron chi connectivity index (χ2n) is 3.25. The Hall–Kier alpha value is -0.880. The highest BCUT2D eigenvalue weighted by molar-refractivity contribution is 6.99. The molecule has 0 amide bonds. The van der Waals surface area contributed by atoms with Crippen molar-refractivity contribution in [2.24, 2.45) is 0 Å². The fourth-order valence-electron chi connectivity index (χ4n) is 1.75. The topological polar surface area (TPSA) is 55.3 Å². The SMILES string of the molecule is COC(=O)C1CCCN1c1nsnc1Cl. The number of halogens is 1. The van der Waals surface area contributed by atoms with E-state index in [1.165, 1.54) is 7.11 Å². The van der Waals surface area contributed by atoms with E-state index in [0.29, 0.717) is 11.0 Å². The Balaban J connectivity index is 2.22. The van der Waals surface area contributed by atoms with Crippen molar-refractivity contribution in [1.29, 1.82) is 0 Å². The van der Waals surface area contributed by atoms with E-state index in [1.807, 2.05) is 4.90 Å². The summed E-state index contributed by atoms with van der Waals surface area (Å²) >= 11 is 6.92. The first kappa shape index (κ1) is 10.6. The molecule has 0 aliphatic carbocycles. The van der Waals surface area contributed by atoms with Gasteiger partial charge in [0, 0.05) is 6.54 Å². The smallest absolute Gasteiger partial charge is 0.328 e. The second-order valence-corrected chi connectivity index (χ2v) is 4.14. The van der Waals surface area contributed by atoms with E-state index >= 15 is 0 Å². The monoisotopic (exact) mass is 247 g/mol. The summed E-state index contributed by atoms with van der Waals surface area (Å²) in [5, 5.41) is 0.357. The summed E-state index contributed by atoms with van der Waals surface area (Å²) in [5.41, 5.74) is 0. The van der Waals surface area contributed by atoms with Crippen molar-refractivity contribution in [2.45, 2.75) is 18.9 Å². The van der Waals surface area contributed by atoms with Gasteiger partial charge < -0.3 is 9.64 Å². The molecule has 1 atom stereocenters. The van der Waals surface area contributed by atoms with Gasteiger partial charge in [-0.15, -0.1) is 0 Å². The molecule has 1 unspecified atom stereocenters. The van der Waals surface area contributed by atoms with E-state index in [4.69, 9.17) is 16.3 Å². The maximum Gasteiger partial charge on any atom is 0.328 e. The summed E-state index contributed by atoms with van der Waals surface area (Å²) < 4.78 is 12.7. The molecule has 1 fully saturated rings. The number of hydrogen-bond donors (Lipinski definition) is 0. The first-order valence-electron chi connectivity index (χ1n) is 4.56. The quantitative estimate of drug-likeness (QED) is 0.738. The lowest BCUT2D eigenvalue weighted by Crippen LogP contribution is -2.37. The molecular formula is C8H10ClN3O2S. The lowest BCUT2D eigenvalue weighted by atomic mass is 10.2. The van der Waals surface area contributed by atoms with Gasteiger partial charge in [-0.25, -0.2) is 4.79 Å². The summed E-state index contributed by atoms with van der Waals surface area (Å²) in [6.45, 7) is 0.769. The van der Waals surface area contributed by atoms with Crippen molar-refractivity contribution in [1.82, 2.24) is 8.75 Å². The van der Waals surface area contributed by atoms with Crippen LogP contribution in [0.15, 0.2) is 0 Å². The molecule has 7 heteroatoms. The lowest BCUT2D eigenvalue weighted by molar-refractivity contribution is -0.141. The molecule has 0 N–H and O–H groups in total. The number of rotatable bonds is 2. The molecule has 2 rings (SSSR count). The molecule has 0 saturated carbocycles. The molecule has 1 aromatic heterocycles. The van der Waals surface area contributed by atoms with Crippen LogP contribution in [0.5, 0.6) is 0 Å². The number of carbonyl (C=O) groups is 1. The number of anilines is 1. The van der Waals surface area contributed by atoms with Crippen LogP contribution >= 0.6 is 23.3 Å². The molecular weight excluding hydrogens is 238 g/mol. The van der Waals surface area contributed by atoms with E-state index in [9.17, 15) is 4.79 Å². The maximum atomic E-state index is 11.5. The molecule has 2 heterocycles. The third kappa shape index (κ3) is 1.91. The summed E-state index contributed by atoms with van der Waals surface area (Å²) in [7, 11) is 1.39. The van der Waals surface area contributed by atoms with Gasteiger partial charge in [-0.3, -0.25) is 0 Å². The minimum atomic E-state index is -0.267. The van der Waals surface area contributed by atoms with E-state index in [2.05, 4.69) is 8.75 Å². The molecule has 0 spiro atoms. The van der Waals surface area contributed by atoms with Crippen LogP contribution in [0.2, 0.25) is 5.15 Å². The van der Waals surface area contributed by atoms with E-state index in [0.717, 1.165) is 31.1 Å². The number of nitrogens with zero attached hydrogens (tertiary/aromatic N) is 3. The second kappa shape index (κ2) is 4.32. The molecule has 1 aromatic rings. The van der Waals surface area contributed by atoms with Crippen LogP contribution in [0.4, 0.5) is 5.82 Å². The standard InChI is InChI=1S/C8H10ClN3O2S/c1-14-8(13)5-3-2-4-12(5)7-6(9)10-15-11-7/h5H,2-4H2,1H3. The third-order valence-electron chi connectivity index (χ3n) is 2.43. The summed E-state index contributed by atoms with van der Waals surface area (Å²) in [5.74, 6) is 0.353. The predicted octanol–water partition coefficient (Wildman–Crippen LogP) is 1.33. The first-order chi connectivity index (χ1) is 7.24. The number of hydrogen-bond acceptors (Lipinski definition) is 6. The van der Waals surface area contributed by atoms with Gasteiger partial charge in [0.2, 0.25) is 0 Å². The molecule has 0 aromatic carbocycles. The van der Waals surface area contributed by atoms with Crippen LogP contribution in [-0.4, -0.2) is 34.4 Å². The predicted molar refractivity (Wildman–Crippen MR) is 57.3 cm³/mol. The molecule has 0 bridgehead atoms. The normalized spacial score (nSPS) is 20.7. The van der Waals surface area contributed by atoms with Crippen molar-refractivity contribution < 1.29 is 9.53 Å². The molecule has 1 aliphatic rings. The van der Waals surface area contributed by atoms with Gasteiger partial charge in [-0.05, 0) is 12.8 Å². The highest BCUT2D eigenvalue weighted by Gasteiger charge is 2.34. The highest BCUT2D eigenvalue weighted by atomic mass is 35.5. The Bertz CT molecular complexity index is 371. The van der Waals surface area contributed by atoms with Crippen molar-refractivity contribution in [3.8, 4) is 0 Å². The van der Waals surface area contributed by atoms with Crippen molar-refractivity contribution in [3.05, 3.63) is 5.15 Å². The van der Waals surface area contributed by atoms with Crippen LogP contribution in [0.1, 0.15) is 12.8 Å². The molecule has 5 nitrogen and oxygen atoms in total. The molecule has 15 heavy (non-hydrogen) atoms. The van der Waals surface area contributed by atoms with Gasteiger partial charge in [-0.1, -0.05) is 11.6 Å². The molecule has 82 valence electrons. The largest absolute Gasteiger partial charge is 0.467 e. The average Bonchev–Trinajstić information content (AvgIpc) is 2.84. The number of carbonyl (C=O) groups excluding carboxylic acids is 1. The minimum absolute atomic E-state index is 0.239. The number of aromatic nitrogens is 2. The fraction of sp³-hybridized carbons (Fsp3) is 0.625. The van der Waals surface area contributed by atoms with Crippen LogP contribution < -0.4 is 4.90 Å². The van der Waals surface area contributed by atoms with Gasteiger partial charge in [0.1, 0.15) is 6.04 Å². The van der Waals surface area contributed by atoms with Gasteiger partial charge in [0.15, 0.2) is 11.0 Å². The van der Waals surface area contributed by atoms with Crippen molar-refractivity contribution >= 4 is 35.1 Å². The first-order valence-corrected chi connectivity index (χ1v) is 5.67. The lowest BCUT2D eigenvalue weighted by Gasteiger charge is -2.21. The van der Waals surface area contributed by atoms with Crippen LogP contribution in [-0.2, 0) is 9.53 Å². The third-order valence-corrected chi connectivity index (χ3v) is 3.30. The van der Waals surface area contributed by atoms with Crippen molar-refractivity contribution in [2.75, 3.05) is 18.6 Å². The summed E-state index contributed by atoms with van der Waals surface area (Å²) in [6, 6.07) is -0.267. The Labute approximate surface area is 96.3 Å². The highest BCUT2D eigenvalue weighted by Crippen LogP contribution is 2.30. The van der Waals surface area contributed by atoms with Crippen LogP contribution in [0.3, 0.4) is 0 Å². The summed E-state index contributed by atoms with van der Waals surface area (Å²) in [6.07, 6.45) is 1.72. The van der Waals surface area contributed by atoms with Gasteiger partial charge in [0.25, 0.3) is 0 Å². The van der Waals surface area contributed by atoms with Gasteiger partial charge in [0.05, 0.1) is 18.8 Å². The Kier molecular flexibility index (Phi) is 3.06. The van der Waals surface area contributed by atoms with Crippen molar-refractivity contribution in [3.63, 3.8) is 0 Å². The number of esters is 1. The molecule has 0 radical (unpaired) electrons. The van der Waals surface area contributed by atoms with E-state index < -0.39 is 0 Å². The van der Waals surface area contributed by atoms with E-state index in [1.54, 1.807) is 0 Å². The maximum absolute atomic E-state index is 11.5. The average molecular weight is 248 g/mol. The Morgan fingerprint density at radius 3 is 3.07 bits per heavy atom. The van der Waals surface area contributed by atoms with Gasteiger partial charge in [-0.2, -0.15) is 8.75 Å². The zero-order valence-corrected chi connectivity index (χ0v) is 9.72. The number of methoxy groups -OCH3 is 1. The zero-order valence-electron chi connectivity index (χ0n) is 8.14. The Morgan fingerprint density at radius 1 is 1.67 bits per heavy atom. The zero-order chi connectivity index (χ0) is 10.8. The van der Waals surface area contributed by atoms with Crippen LogP contribution in [0, 0.1) is 0 Å². The fourth-order valence-corrected chi connectivity index (χ4v) is 2.50. The van der Waals surface area contributed by atoms with Gasteiger partial charge >= 0.3 is 5.97 Å². The van der Waals surface area contributed by atoms with Crippen LogP contribution in [0.25, 0.3) is 0 Å². The summed E-state index contributed by atoms with van der Waals surface area (Å²) in [4.78, 5) is 13.3.